The van der Waals surface area contributed by atoms with E-state index in [1.165, 1.54) is 0 Å². The molecule has 0 saturated heterocycles. The van der Waals surface area contributed by atoms with E-state index in [1.54, 1.807) is 0 Å². The van der Waals surface area contributed by atoms with Crippen LogP contribution in [0, 0.1) is 27.2 Å². The Labute approximate surface area is 101 Å². The SMILES string of the molecule is N=C(N)CCCOc1cc(F)c([N+](=O)[O-])cc1F. The summed E-state index contributed by atoms with van der Waals surface area (Å²) >= 11 is 0. The quantitative estimate of drug-likeness (QED) is 0.268. The molecular formula is C10H11F2N3O3. The monoisotopic (exact) mass is 259 g/mol. The molecule has 1 aromatic rings. The van der Waals surface area contributed by atoms with Gasteiger partial charge < -0.3 is 10.5 Å². The molecule has 0 amide bonds. The maximum Gasteiger partial charge on any atom is 0.307 e. The number of nitro groups is 1. The fourth-order valence-electron chi connectivity index (χ4n) is 1.21. The summed E-state index contributed by atoms with van der Waals surface area (Å²) in [6.45, 7) is 0.0355. The van der Waals surface area contributed by atoms with Gasteiger partial charge in [0.15, 0.2) is 11.6 Å². The van der Waals surface area contributed by atoms with E-state index in [4.69, 9.17) is 15.9 Å². The largest absolute Gasteiger partial charge is 0.490 e. The first-order valence-electron chi connectivity index (χ1n) is 5.01. The molecule has 1 rings (SSSR count). The van der Waals surface area contributed by atoms with Gasteiger partial charge >= 0.3 is 5.69 Å². The van der Waals surface area contributed by atoms with Crippen molar-refractivity contribution >= 4 is 11.5 Å². The predicted octanol–water partition coefficient (Wildman–Crippen LogP) is 1.97. The molecule has 6 nitrogen and oxygen atoms in total. The van der Waals surface area contributed by atoms with Crippen LogP contribution in [0.15, 0.2) is 12.1 Å². The predicted molar refractivity (Wildman–Crippen MR) is 59.7 cm³/mol. The van der Waals surface area contributed by atoms with Gasteiger partial charge in [0.2, 0.25) is 5.82 Å². The lowest BCUT2D eigenvalue weighted by atomic mass is 10.2. The lowest BCUT2D eigenvalue weighted by Crippen LogP contribution is -2.11. The molecule has 0 aromatic heterocycles. The highest BCUT2D eigenvalue weighted by Crippen LogP contribution is 2.26. The van der Waals surface area contributed by atoms with Crippen LogP contribution >= 0.6 is 0 Å². The van der Waals surface area contributed by atoms with E-state index < -0.39 is 28.0 Å². The first-order valence-corrected chi connectivity index (χ1v) is 5.01. The molecular weight excluding hydrogens is 248 g/mol. The van der Waals surface area contributed by atoms with Crippen LogP contribution in [0.25, 0.3) is 0 Å². The normalized spacial score (nSPS) is 10.1. The number of hydrogen-bond donors (Lipinski definition) is 2. The van der Waals surface area contributed by atoms with Crippen LogP contribution < -0.4 is 10.5 Å². The summed E-state index contributed by atoms with van der Waals surface area (Å²) in [7, 11) is 0. The van der Waals surface area contributed by atoms with E-state index in [2.05, 4.69) is 0 Å². The first kappa shape index (κ1) is 13.8. The topological polar surface area (TPSA) is 102 Å². The Hall–Kier alpha value is -2.25. The lowest BCUT2D eigenvalue weighted by molar-refractivity contribution is -0.387. The minimum Gasteiger partial charge on any atom is -0.490 e. The molecule has 0 aliphatic carbocycles. The molecule has 0 aliphatic rings. The Morgan fingerprint density at radius 1 is 1.44 bits per heavy atom. The molecule has 0 radical (unpaired) electrons. The summed E-state index contributed by atoms with van der Waals surface area (Å²) in [5, 5.41) is 17.3. The highest BCUT2D eigenvalue weighted by Gasteiger charge is 2.19. The van der Waals surface area contributed by atoms with Gasteiger partial charge in [0.1, 0.15) is 0 Å². The van der Waals surface area contributed by atoms with Crippen molar-refractivity contribution in [3.63, 3.8) is 0 Å². The molecule has 0 unspecified atom stereocenters. The summed E-state index contributed by atoms with van der Waals surface area (Å²) in [5.74, 6) is -2.61. The number of ether oxygens (including phenoxy) is 1. The molecule has 0 heterocycles. The van der Waals surface area contributed by atoms with Gasteiger partial charge in [-0.05, 0) is 6.42 Å². The van der Waals surface area contributed by atoms with E-state index in [9.17, 15) is 18.9 Å². The van der Waals surface area contributed by atoms with Crippen LogP contribution in [0.4, 0.5) is 14.5 Å². The highest BCUT2D eigenvalue weighted by atomic mass is 19.1. The molecule has 0 saturated carbocycles. The van der Waals surface area contributed by atoms with Gasteiger partial charge in [0.25, 0.3) is 0 Å². The smallest absolute Gasteiger partial charge is 0.307 e. The average molecular weight is 259 g/mol. The minimum absolute atomic E-state index is 0.0334. The number of benzene rings is 1. The van der Waals surface area contributed by atoms with Crippen molar-refractivity contribution in [3.8, 4) is 5.75 Å². The number of nitro benzene ring substituents is 1. The van der Waals surface area contributed by atoms with Crippen molar-refractivity contribution in [2.45, 2.75) is 12.8 Å². The molecule has 0 fully saturated rings. The molecule has 18 heavy (non-hydrogen) atoms. The van der Waals surface area contributed by atoms with Crippen molar-refractivity contribution in [1.82, 2.24) is 0 Å². The Kier molecular flexibility index (Phi) is 4.52. The van der Waals surface area contributed by atoms with E-state index >= 15 is 0 Å². The van der Waals surface area contributed by atoms with E-state index in [0.29, 0.717) is 18.6 Å². The zero-order valence-electron chi connectivity index (χ0n) is 9.28. The molecule has 8 heteroatoms. The fourth-order valence-corrected chi connectivity index (χ4v) is 1.21. The molecule has 3 N–H and O–H groups in total. The van der Waals surface area contributed by atoms with Crippen LogP contribution in [0.2, 0.25) is 0 Å². The van der Waals surface area contributed by atoms with Gasteiger partial charge in [-0.3, -0.25) is 15.5 Å². The summed E-state index contributed by atoms with van der Waals surface area (Å²) in [4.78, 5) is 9.33. The lowest BCUT2D eigenvalue weighted by Gasteiger charge is -2.07. The van der Waals surface area contributed by atoms with Gasteiger partial charge in [0, 0.05) is 12.5 Å². The zero-order chi connectivity index (χ0) is 13.7. The third kappa shape index (κ3) is 3.65. The van der Waals surface area contributed by atoms with Crippen molar-refractivity contribution < 1.29 is 18.4 Å². The standard InChI is InChI=1S/C10H11F2N3O3/c11-6-5-9(18-3-1-2-10(13)14)7(12)4-8(6)15(16)17/h4-5H,1-3H2,(H3,13,14). The molecule has 98 valence electrons. The Morgan fingerprint density at radius 2 is 2.11 bits per heavy atom. The number of nitrogens with zero attached hydrogens (tertiary/aromatic N) is 1. The van der Waals surface area contributed by atoms with Crippen molar-refractivity contribution in [3.05, 3.63) is 33.9 Å². The van der Waals surface area contributed by atoms with Crippen LogP contribution in [-0.2, 0) is 0 Å². The number of rotatable bonds is 6. The van der Waals surface area contributed by atoms with Gasteiger partial charge in [0.05, 0.1) is 23.4 Å². The maximum absolute atomic E-state index is 13.3. The second kappa shape index (κ2) is 5.89. The Bertz CT molecular complexity index is 480. The fraction of sp³-hybridized carbons (Fsp3) is 0.300. The van der Waals surface area contributed by atoms with Crippen molar-refractivity contribution in [1.29, 1.82) is 5.41 Å². The number of amidine groups is 1. The Morgan fingerprint density at radius 3 is 2.67 bits per heavy atom. The van der Waals surface area contributed by atoms with E-state index in [1.807, 2.05) is 0 Å². The zero-order valence-corrected chi connectivity index (χ0v) is 9.28. The summed E-state index contributed by atoms with van der Waals surface area (Å²) in [5.41, 5.74) is 4.16. The minimum atomic E-state index is -1.16. The summed E-state index contributed by atoms with van der Waals surface area (Å²) in [6.07, 6.45) is 0.643. The van der Waals surface area contributed by atoms with Crippen LogP contribution in [0.5, 0.6) is 5.75 Å². The summed E-state index contributed by atoms with van der Waals surface area (Å²) in [6, 6.07) is 1.09. The molecule has 0 aliphatic heterocycles. The van der Waals surface area contributed by atoms with Crippen LogP contribution in [0.1, 0.15) is 12.8 Å². The molecule has 0 spiro atoms. The van der Waals surface area contributed by atoms with E-state index in [-0.39, 0.29) is 18.9 Å². The second-order valence-corrected chi connectivity index (χ2v) is 3.47. The molecule has 0 bridgehead atoms. The molecule has 1 aromatic carbocycles. The number of hydrogen-bond acceptors (Lipinski definition) is 4. The van der Waals surface area contributed by atoms with Gasteiger partial charge in [-0.2, -0.15) is 4.39 Å². The first-order chi connectivity index (χ1) is 8.41. The van der Waals surface area contributed by atoms with Gasteiger partial charge in [-0.15, -0.1) is 0 Å². The number of nitrogens with one attached hydrogen (secondary N) is 1. The third-order valence-electron chi connectivity index (χ3n) is 2.05. The van der Waals surface area contributed by atoms with Gasteiger partial charge in [-0.1, -0.05) is 0 Å². The highest BCUT2D eigenvalue weighted by molar-refractivity contribution is 5.76. The van der Waals surface area contributed by atoms with Crippen molar-refractivity contribution in [2.24, 2.45) is 5.73 Å². The van der Waals surface area contributed by atoms with Gasteiger partial charge in [-0.25, -0.2) is 4.39 Å². The number of nitrogens with two attached hydrogens (primary N) is 1. The van der Waals surface area contributed by atoms with E-state index in [0.717, 1.165) is 0 Å². The third-order valence-corrected chi connectivity index (χ3v) is 2.05. The second-order valence-electron chi connectivity index (χ2n) is 3.47. The molecule has 0 atom stereocenters. The van der Waals surface area contributed by atoms with Crippen molar-refractivity contribution in [2.75, 3.05) is 6.61 Å². The summed E-state index contributed by atoms with van der Waals surface area (Å²) < 4.78 is 31.4. The van der Waals surface area contributed by atoms with Crippen LogP contribution in [-0.4, -0.2) is 17.4 Å². The average Bonchev–Trinajstić information content (AvgIpc) is 2.27. The number of halogens is 2. The maximum atomic E-state index is 13.3. The van der Waals surface area contributed by atoms with Crippen LogP contribution in [0.3, 0.4) is 0 Å². The Balaban J connectivity index is 2.70.